The van der Waals surface area contributed by atoms with E-state index in [1.165, 1.54) is 5.56 Å². The summed E-state index contributed by atoms with van der Waals surface area (Å²) in [7, 11) is 0. The second kappa shape index (κ2) is 6.92. The lowest BCUT2D eigenvalue weighted by Crippen LogP contribution is -2.45. The van der Waals surface area contributed by atoms with E-state index >= 15 is 0 Å². The SMILES string of the molecule is CC(C)c1ccc(C(=O)N2CCCC(N)C2)cc1.Cl. The van der Waals surface area contributed by atoms with Crippen LogP contribution in [0.3, 0.4) is 0 Å². The van der Waals surface area contributed by atoms with E-state index in [1.807, 2.05) is 29.2 Å². The summed E-state index contributed by atoms with van der Waals surface area (Å²) in [6, 6.07) is 8.08. The standard InChI is InChI=1S/C15H22N2O.ClH/c1-11(2)12-5-7-13(8-6-12)15(18)17-9-3-4-14(16)10-17;/h5-8,11,14H,3-4,9-10,16H2,1-2H3;1H. The van der Waals surface area contributed by atoms with Crippen LogP contribution in [0.15, 0.2) is 24.3 Å². The molecule has 1 fully saturated rings. The van der Waals surface area contributed by atoms with Gasteiger partial charge in [-0.3, -0.25) is 4.79 Å². The van der Waals surface area contributed by atoms with Gasteiger partial charge in [0.25, 0.3) is 5.91 Å². The Morgan fingerprint density at radius 2 is 1.95 bits per heavy atom. The molecule has 1 aliphatic rings. The van der Waals surface area contributed by atoms with Crippen molar-refractivity contribution in [1.29, 1.82) is 0 Å². The summed E-state index contributed by atoms with van der Waals surface area (Å²) in [5.74, 6) is 0.609. The zero-order valence-corrected chi connectivity index (χ0v) is 12.5. The minimum atomic E-state index is 0. The molecule has 0 radical (unpaired) electrons. The molecule has 1 aromatic carbocycles. The van der Waals surface area contributed by atoms with E-state index in [4.69, 9.17) is 5.73 Å². The van der Waals surface area contributed by atoms with Crippen LogP contribution in [-0.2, 0) is 0 Å². The summed E-state index contributed by atoms with van der Waals surface area (Å²) in [4.78, 5) is 14.2. The molecule has 1 heterocycles. The molecule has 3 nitrogen and oxygen atoms in total. The number of nitrogens with zero attached hydrogens (tertiary/aromatic N) is 1. The van der Waals surface area contributed by atoms with Gasteiger partial charge in [-0.1, -0.05) is 26.0 Å². The van der Waals surface area contributed by atoms with Gasteiger partial charge in [0.05, 0.1) is 0 Å². The summed E-state index contributed by atoms with van der Waals surface area (Å²) >= 11 is 0. The average molecular weight is 283 g/mol. The van der Waals surface area contributed by atoms with Crippen LogP contribution < -0.4 is 5.73 Å². The number of amides is 1. The summed E-state index contributed by atoms with van der Waals surface area (Å²) < 4.78 is 0. The largest absolute Gasteiger partial charge is 0.337 e. The fourth-order valence-corrected chi connectivity index (χ4v) is 2.39. The van der Waals surface area contributed by atoms with Crippen molar-refractivity contribution in [2.24, 2.45) is 5.73 Å². The van der Waals surface area contributed by atoms with Crippen molar-refractivity contribution >= 4 is 18.3 Å². The van der Waals surface area contributed by atoms with Crippen molar-refractivity contribution in [3.8, 4) is 0 Å². The third-order valence-electron chi connectivity index (χ3n) is 3.57. The van der Waals surface area contributed by atoms with Gasteiger partial charge in [0.15, 0.2) is 0 Å². The molecule has 0 bridgehead atoms. The molecular formula is C15H23ClN2O. The van der Waals surface area contributed by atoms with Crippen LogP contribution in [-0.4, -0.2) is 29.9 Å². The van der Waals surface area contributed by atoms with Crippen molar-refractivity contribution in [3.05, 3.63) is 35.4 Å². The fourth-order valence-electron chi connectivity index (χ4n) is 2.39. The number of halogens is 1. The van der Waals surface area contributed by atoms with E-state index in [9.17, 15) is 4.79 Å². The van der Waals surface area contributed by atoms with Gasteiger partial charge in [0, 0.05) is 24.7 Å². The Morgan fingerprint density at radius 3 is 2.47 bits per heavy atom. The van der Waals surface area contributed by atoms with Gasteiger partial charge in [-0.25, -0.2) is 0 Å². The van der Waals surface area contributed by atoms with Crippen molar-refractivity contribution in [2.45, 2.75) is 38.6 Å². The third kappa shape index (κ3) is 3.95. The maximum absolute atomic E-state index is 12.3. The Kier molecular flexibility index (Phi) is 5.83. The van der Waals surface area contributed by atoms with E-state index in [0.29, 0.717) is 12.5 Å². The first-order valence-corrected chi connectivity index (χ1v) is 6.72. The Morgan fingerprint density at radius 1 is 1.32 bits per heavy atom. The number of nitrogens with two attached hydrogens (primary N) is 1. The van der Waals surface area contributed by atoms with Gasteiger partial charge in [-0.2, -0.15) is 0 Å². The molecule has 1 aliphatic heterocycles. The molecule has 2 N–H and O–H groups in total. The summed E-state index contributed by atoms with van der Waals surface area (Å²) in [6.45, 7) is 5.82. The lowest BCUT2D eigenvalue weighted by molar-refractivity contribution is 0.0709. The lowest BCUT2D eigenvalue weighted by atomic mass is 10.0. The number of carbonyl (C=O) groups excluding carboxylic acids is 1. The summed E-state index contributed by atoms with van der Waals surface area (Å²) in [5, 5.41) is 0. The Bertz CT molecular complexity index is 417. The zero-order chi connectivity index (χ0) is 13.1. The normalized spacial score (nSPS) is 19.2. The molecule has 1 atom stereocenters. The van der Waals surface area contributed by atoms with Crippen LogP contribution in [0.4, 0.5) is 0 Å². The number of hydrogen-bond acceptors (Lipinski definition) is 2. The highest BCUT2D eigenvalue weighted by Crippen LogP contribution is 2.17. The Labute approximate surface area is 121 Å². The summed E-state index contributed by atoms with van der Waals surface area (Å²) in [6.07, 6.45) is 2.03. The second-order valence-electron chi connectivity index (χ2n) is 5.43. The maximum Gasteiger partial charge on any atom is 0.253 e. The van der Waals surface area contributed by atoms with Crippen molar-refractivity contribution < 1.29 is 4.79 Å². The van der Waals surface area contributed by atoms with Crippen molar-refractivity contribution in [3.63, 3.8) is 0 Å². The van der Waals surface area contributed by atoms with Gasteiger partial charge < -0.3 is 10.6 Å². The smallest absolute Gasteiger partial charge is 0.253 e. The first kappa shape index (κ1) is 16.0. The predicted octanol–water partition coefficient (Wildman–Crippen LogP) is 2.80. The average Bonchev–Trinajstić information content (AvgIpc) is 2.38. The number of rotatable bonds is 2. The Hall–Kier alpha value is -1.06. The second-order valence-corrected chi connectivity index (χ2v) is 5.43. The number of benzene rings is 1. The van der Waals surface area contributed by atoms with Crippen LogP contribution in [0.25, 0.3) is 0 Å². The van der Waals surface area contributed by atoms with E-state index in [-0.39, 0.29) is 24.4 Å². The van der Waals surface area contributed by atoms with Crippen LogP contribution in [0.1, 0.15) is 48.5 Å². The molecule has 2 rings (SSSR count). The highest BCUT2D eigenvalue weighted by molar-refractivity contribution is 5.94. The van der Waals surface area contributed by atoms with E-state index < -0.39 is 0 Å². The van der Waals surface area contributed by atoms with Crippen molar-refractivity contribution in [2.75, 3.05) is 13.1 Å². The first-order chi connectivity index (χ1) is 8.58. The molecule has 106 valence electrons. The highest BCUT2D eigenvalue weighted by Gasteiger charge is 2.22. The predicted molar refractivity (Wildman–Crippen MR) is 80.9 cm³/mol. The monoisotopic (exact) mass is 282 g/mol. The molecule has 19 heavy (non-hydrogen) atoms. The van der Waals surface area contributed by atoms with E-state index in [0.717, 1.165) is 24.9 Å². The molecule has 1 amide bonds. The van der Waals surface area contributed by atoms with Crippen LogP contribution in [0, 0.1) is 0 Å². The van der Waals surface area contributed by atoms with E-state index in [1.54, 1.807) is 0 Å². The summed E-state index contributed by atoms with van der Waals surface area (Å²) in [5.41, 5.74) is 7.95. The van der Waals surface area contributed by atoms with Gasteiger partial charge in [-0.05, 0) is 36.5 Å². The van der Waals surface area contributed by atoms with Gasteiger partial charge in [0.2, 0.25) is 0 Å². The third-order valence-corrected chi connectivity index (χ3v) is 3.57. The molecule has 1 unspecified atom stereocenters. The molecular weight excluding hydrogens is 260 g/mol. The van der Waals surface area contributed by atoms with Gasteiger partial charge in [-0.15, -0.1) is 12.4 Å². The van der Waals surface area contributed by atoms with Gasteiger partial charge >= 0.3 is 0 Å². The lowest BCUT2D eigenvalue weighted by Gasteiger charge is -2.30. The van der Waals surface area contributed by atoms with Crippen LogP contribution in [0.5, 0.6) is 0 Å². The fraction of sp³-hybridized carbons (Fsp3) is 0.533. The quantitative estimate of drug-likeness (QED) is 0.907. The van der Waals surface area contributed by atoms with Crippen LogP contribution in [0.2, 0.25) is 0 Å². The molecule has 0 spiro atoms. The topological polar surface area (TPSA) is 46.3 Å². The first-order valence-electron chi connectivity index (χ1n) is 6.72. The number of piperidine rings is 1. The Balaban J connectivity index is 0.00000180. The molecule has 0 saturated carbocycles. The number of carbonyl (C=O) groups is 1. The molecule has 4 heteroatoms. The molecule has 1 saturated heterocycles. The number of likely N-dealkylation sites (tertiary alicyclic amines) is 1. The van der Waals surface area contributed by atoms with Crippen molar-refractivity contribution in [1.82, 2.24) is 4.90 Å². The van der Waals surface area contributed by atoms with Crippen LogP contribution >= 0.6 is 12.4 Å². The minimum absolute atomic E-state index is 0. The molecule has 0 aliphatic carbocycles. The zero-order valence-electron chi connectivity index (χ0n) is 11.6. The van der Waals surface area contributed by atoms with Gasteiger partial charge in [0.1, 0.15) is 0 Å². The minimum Gasteiger partial charge on any atom is -0.337 e. The maximum atomic E-state index is 12.3. The molecule has 1 aromatic rings. The number of hydrogen-bond donors (Lipinski definition) is 1. The van der Waals surface area contributed by atoms with E-state index in [2.05, 4.69) is 13.8 Å². The highest BCUT2D eigenvalue weighted by atomic mass is 35.5. The molecule has 0 aromatic heterocycles.